The third kappa shape index (κ3) is 4.55. The summed E-state index contributed by atoms with van der Waals surface area (Å²) in [5.74, 6) is 2.17. The number of aromatic nitrogens is 4. The lowest BCUT2D eigenvalue weighted by molar-refractivity contribution is -0.117. The maximum Gasteiger partial charge on any atom is 0.350 e. The van der Waals surface area contributed by atoms with Crippen LogP contribution in [0.15, 0.2) is 41.5 Å². The summed E-state index contributed by atoms with van der Waals surface area (Å²) in [6, 6.07) is 7.09. The van der Waals surface area contributed by atoms with Crippen LogP contribution in [-0.2, 0) is 11.3 Å². The van der Waals surface area contributed by atoms with Crippen molar-refractivity contribution in [3.63, 3.8) is 0 Å². The molecule has 1 amide bonds. The molecule has 1 aromatic carbocycles. The average molecular weight is 425 g/mol. The number of benzene rings is 1. The van der Waals surface area contributed by atoms with E-state index in [1.807, 2.05) is 6.92 Å². The van der Waals surface area contributed by atoms with Gasteiger partial charge in [0.1, 0.15) is 12.3 Å². The first-order valence-electron chi connectivity index (χ1n) is 10.7. The van der Waals surface area contributed by atoms with Crippen molar-refractivity contribution < 1.29 is 9.53 Å². The SMILES string of the molecule is CCOc1ccc(NC(=O)Cn2nc3c(N4C[C@H](C)C[C@@H](C)C4)nccn3c2=O)cc1. The van der Waals surface area contributed by atoms with Gasteiger partial charge >= 0.3 is 5.69 Å². The van der Waals surface area contributed by atoms with Crippen LogP contribution in [0.3, 0.4) is 0 Å². The van der Waals surface area contributed by atoms with Gasteiger partial charge in [0.2, 0.25) is 11.6 Å². The maximum atomic E-state index is 12.8. The molecule has 2 aromatic heterocycles. The van der Waals surface area contributed by atoms with Crippen LogP contribution in [0.1, 0.15) is 27.2 Å². The fraction of sp³-hybridized carbons (Fsp3) is 0.455. The molecular weight excluding hydrogens is 396 g/mol. The predicted molar refractivity (Wildman–Crippen MR) is 119 cm³/mol. The van der Waals surface area contributed by atoms with Gasteiger partial charge in [0.15, 0.2) is 5.82 Å². The quantitative estimate of drug-likeness (QED) is 0.653. The first-order chi connectivity index (χ1) is 14.9. The van der Waals surface area contributed by atoms with Gasteiger partial charge in [-0.25, -0.2) is 18.9 Å². The minimum atomic E-state index is -0.362. The molecule has 0 radical (unpaired) electrons. The molecule has 3 heterocycles. The van der Waals surface area contributed by atoms with E-state index in [4.69, 9.17) is 4.74 Å². The molecule has 0 bridgehead atoms. The Bertz CT molecular complexity index is 1110. The van der Waals surface area contributed by atoms with E-state index in [0.29, 0.717) is 35.6 Å². The molecule has 4 rings (SSSR count). The van der Waals surface area contributed by atoms with Crippen LogP contribution in [-0.4, -0.2) is 44.8 Å². The second-order valence-corrected chi connectivity index (χ2v) is 8.24. The summed E-state index contributed by atoms with van der Waals surface area (Å²) < 4.78 is 8.04. The molecule has 9 heteroatoms. The van der Waals surface area contributed by atoms with E-state index >= 15 is 0 Å². The average Bonchev–Trinajstić information content (AvgIpc) is 3.04. The first kappa shape index (κ1) is 20.9. The van der Waals surface area contributed by atoms with Crippen molar-refractivity contribution >= 4 is 23.1 Å². The van der Waals surface area contributed by atoms with Gasteiger partial charge in [-0.05, 0) is 49.4 Å². The zero-order valence-electron chi connectivity index (χ0n) is 18.1. The molecule has 9 nitrogen and oxygen atoms in total. The van der Waals surface area contributed by atoms with E-state index in [-0.39, 0.29) is 18.1 Å². The zero-order chi connectivity index (χ0) is 22.0. The summed E-state index contributed by atoms with van der Waals surface area (Å²) in [6.07, 6.45) is 4.37. The van der Waals surface area contributed by atoms with Crippen molar-refractivity contribution in [3.05, 3.63) is 47.1 Å². The number of amides is 1. The summed E-state index contributed by atoms with van der Waals surface area (Å²) >= 11 is 0. The Morgan fingerprint density at radius 1 is 1.19 bits per heavy atom. The Balaban J connectivity index is 1.54. The highest BCUT2D eigenvalue weighted by Crippen LogP contribution is 2.26. The van der Waals surface area contributed by atoms with Crippen LogP contribution in [0.25, 0.3) is 5.65 Å². The van der Waals surface area contributed by atoms with Gasteiger partial charge in [-0.3, -0.25) is 4.79 Å². The van der Waals surface area contributed by atoms with Gasteiger partial charge in [-0.15, -0.1) is 5.10 Å². The summed E-state index contributed by atoms with van der Waals surface area (Å²) in [4.78, 5) is 32.0. The van der Waals surface area contributed by atoms with E-state index < -0.39 is 0 Å². The smallest absolute Gasteiger partial charge is 0.350 e. The number of nitrogens with zero attached hydrogens (tertiary/aromatic N) is 5. The molecule has 0 spiro atoms. The topological polar surface area (TPSA) is 93.8 Å². The Kier molecular flexibility index (Phi) is 5.92. The summed E-state index contributed by atoms with van der Waals surface area (Å²) in [5.41, 5.74) is 0.741. The van der Waals surface area contributed by atoms with E-state index in [9.17, 15) is 9.59 Å². The minimum Gasteiger partial charge on any atom is -0.494 e. The fourth-order valence-electron chi connectivity index (χ4n) is 4.24. The second kappa shape index (κ2) is 8.79. The van der Waals surface area contributed by atoms with E-state index in [1.54, 1.807) is 36.7 Å². The Labute approximate surface area is 180 Å². The number of carbonyl (C=O) groups excluding carboxylic acids is 1. The van der Waals surface area contributed by atoms with Crippen molar-refractivity contribution in [2.75, 3.05) is 29.9 Å². The predicted octanol–water partition coefficient (Wildman–Crippen LogP) is 2.41. The Morgan fingerprint density at radius 3 is 2.58 bits per heavy atom. The van der Waals surface area contributed by atoms with Crippen molar-refractivity contribution in [2.24, 2.45) is 11.8 Å². The van der Waals surface area contributed by atoms with Crippen LogP contribution in [0.2, 0.25) is 0 Å². The zero-order valence-corrected chi connectivity index (χ0v) is 18.1. The summed E-state index contributed by atoms with van der Waals surface area (Å²) in [6.45, 7) is 8.49. The third-order valence-electron chi connectivity index (χ3n) is 5.39. The van der Waals surface area contributed by atoms with Gasteiger partial charge < -0.3 is 15.0 Å². The summed E-state index contributed by atoms with van der Waals surface area (Å²) in [7, 11) is 0. The molecule has 3 aromatic rings. The maximum absolute atomic E-state index is 12.8. The van der Waals surface area contributed by atoms with Crippen LogP contribution < -0.4 is 20.6 Å². The molecule has 1 saturated heterocycles. The molecule has 0 unspecified atom stereocenters. The number of hydrogen-bond donors (Lipinski definition) is 1. The standard InChI is InChI=1S/C22H28N6O3/c1-4-31-18-7-5-17(6-8-18)24-19(29)14-28-22(30)27-10-9-23-20(21(27)25-28)26-12-15(2)11-16(3)13-26/h5-10,15-16H,4,11-14H2,1-3H3,(H,24,29)/t15-,16-/m1/s1. The van der Waals surface area contributed by atoms with Crippen LogP contribution in [0.4, 0.5) is 11.5 Å². The van der Waals surface area contributed by atoms with Crippen molar-refractivity contribution in [1.82, 2.24) is 19.2 Å². The highest BCUT2D eigenvalue weighted by molar-refractivity contribution is 5.90. The number of nitrogens with one attached hydrogen (secondary N) is 1. The second-order valence-electron chi connectivity index (χ2n) is 8.24. The Hall–Kier alpha value is -3.36. The fourth-order valence-corrected chi connectivity index (χ4v) is 4.24. The molecule has 1 aliphatic rings. The summed E-state index contributed by atoms with van der Waals surface area (Å²) in [5, 5.41) is 7.23. The number of piperidine rings is 1. The van der Waals surface area contributed by atoms with Crippen LogP contribution in [0, 0.1) is 11.8 Å². The molecule has 2 atom stereocenters. The lowest BCUT2D eigenvalue weighted by atomic mass is 9.92. The van der Waals surface area contributed by atoms with Gasteiger partial charge in [0, 0.05) is 31.2 Å². The molecule has 0 aliphatic carbocycles. The van der Waals surface area contributed by atoms with Crippen molar-refractivity contribution in [2.45, 2.75) is 33.7 Å². The van der Waals surface area contributed by atoms with Gasteiger partial charge in [0.25, 0.3) is 0 Å². The molecule has 0 saturated carbocycles. The lowest BCUT2D eigenvalue weighted by Crippen LogP contribution is -2.39. The number of hydrogen-bond acceptors (Lipinski definition) is 6. The van der Waals surface area contributed by atoms with Crippen LogP contribution >= 0.6 is 0 Å². The molecule has 1 N–H and O–H groups in total. The van der Waals surface area contributed by atoms with Crippen molar-refractivity contribution in [1.29, 1.82) is 0 Å². The first-order valence-corrected chi connectivity index (χ1v) is 10.7. The number of ether oxygens (including phenoxy) is 1. The highest BCUT2D eigenvalue weighted by atomic mass is 16.5. The van der Waals surface area contributed by atoms with E-state index in [1.165, 1.54) is 15.5 Å². The Morgan fingerprint density at radius 2 is 1.90 bits per heavy atom. The van der Waals surface area contributed by atoms with E-state index in [0.717, 1.165) is 18.8 Å². The normalized spacial score (nSPS) is 18.9. The van der Waals surface area contributed by atoms with Gasteiger partial charge in [-0.2, -0.15) is 0 Å². The van der Waals surface area contributed by atoms with Gasteiger partial charge in [-0.1, -0.05) is 13.8 Å². The number of fused-ring (bicyclic) bond motifs is 1. The largest absolute Gasteiger partial charge is 0.494 e. The number of rotatable bonds is 6. The number of carbonyl (C=O) groups is 1. The monoisotopic (exact) mass is 424 g/mol. The lowest BCUT2D eigenvalue weighted by Gasteiger charge is -2.35. The molecule has 1 aliphatic heterocycles. The van der Waals surface area contributed by atoms with Crippen molar-refractivity contribution in [3.8, 4) is 5.75 Å². The third-order valence-corrected chi connectivity index (χ3v) is 5.39. The van der Waals surface area contributed by atoms with Gasteiger partial charge in [0.05, 0.1) is 6.61 Å². The molecule has 31 heavy (non-hydrogen) atoms. The highest BCUT2D eigenvalue weighted by Gasteiger charge is 2.25. The molecule has 164 valence electrons. The minimum absolute atomic E-state index is 0.181. The van der Waals surface area contributed by atoms with Crippen LogP contribution in [0.5, 0.6) is 5.75 Å². The van der Waals surface area contributed by atoms with E-state index in [2.05, 4.69) is 34.1 Å². The molecular formula is C22H28N6O3. The number of anilines is 2. The molecule has 1 fully saturated rings.